The van der Waals surface area contributed by atoms with Gasteiger partial charge < -0.3 is 4.90 Å². The molecule has 1 aliphatic heterocycles. The molecule has 0 aromatic carbocycles. The van der Waals surface area contributed by atoms with E-state index in [0.717, 1.165) is 15.2 Å². The maximum absolute atomic E-state index is 12.5. The second-order valence-electron chi connectivity index (χ2n) is 5.34. The quantitative estimate of drug-likeness (QED) is 0.589. The van der Waals surface area contributed by atoms with Crippen LogP contribution in [0.3, 0.4) is 0 Å². The summed E-state index contributed by atoms with van der Waals surface area (Å²) >= 11 is 2.92. The van der Waals surface area contributed by atoms with E-state index >= 15 is 0 Å². The first-order chi connectivity index (χ1) is 11.0. The molecule has 0 unspecified atom stereocenters. The topological polar surface area (TPSA) is 80.2 Å². The molecule has 1 saturated heterocycles. The number of sulfone groups is 1. The lowest BCUT2D eigenvalue weighted by molar-refractivity contribution is -0.129. The maximum atomic E-state index is 12.5. The van der Waals surface area contributed by atoms with E-state index in [4.69, 9.17) is 0 Å². The summed E-state index contributed by atoms with van der Waals surface area (Å²) in [5.41, 5.74) is 0. The Labute approximate surface area is 143 Å². The van der Waals surface area contributed by atoms with Crippen molar-refractivity contribution in [3.63, 3.8) is 0 Å². The fourth-order valence-corrected chi connectivity index (χ4v) is 6.15. The molecular formula is C14H17N3O3S3. The van der Waals surface area contributed by atoms with E-state index in [1.807, 2.05) is 18.4 Å². The minimum Gasteiger partial charge on any atom is -0.338 e. The third-order valence-electron chi connectivity index (χ3n) is 3.87. The molecule has 1 fully saturated rings. The van der Waals surface area contributed by atoms with Gasteiger partial charge >= 0.3 is 0 Å². The molecule has 23 heavy (non-hydrogen) atoms. The van der Waals surface area contributed by atoms with Crippen LogP contribution >= 0.6 is 23.1 Å². The molecule has 124 valence electrons. The van der Waals surface area contributed by atoms with Gasteiger partial charge in [-0.1, -0.05) is 11.8 Å². The van der Waals surface area contributed by atoms with Crippen LogP contribution in [0, 0.1) is 0 Å². The van der Waals surface area contributed by atoms with Gasteiger partial charge in [-0.05, 0) is 24.8 Å². The number of thioether (sulfide) groups is 1. The van der Waals surface area contributed by atoms with Gasteiger partial charge in [0, 0.05) is 18.0 Å². The molecule has 0 saturated carbocycles. The second kappa shape index (κ2) is 6.74. The van der Waals surface area contributed by atoms with Crippen LogP contribution < -0.4 is 0 Å². The summed E-state index contributed by atoms with van der Waals surface area (Å²) in [6, 6.07) is 1.76. The van der Waals surface area contributed by atoms with Gasteiger partial charge in [0.2, 0.25) is 5.91 Å². The number of nitrogens with zero attached hydrogens (tertiary/aromatic N) is 3. The van der Waals surface area contributed by atoms with Crippen molar-refractivity contribution in [2.75, 3.05) is 23.8 Å². The Hall–Kier alpha value is -1.19. The summed E-state index contributed by atoms with van der Waals surface area (Å²) in [4.78, 5) is 23.5. The SMILES string of the molecule is CCN(C(=O)CSc1ncnc2sccc12)[C@H]1CCS(=O)(=O)C1. The van der Waals surface area contributed by atoms with Crippen molar-refractivity contribution in [1.29, 1.82) is 0 Å². The van der Waals surface area contributed by atoms with Crippen LogP contribution in [0.25, 0.3) is 10.2 Å². The van der Waals surface area contributed by atoms with Crippen molar-refractivity contribution in [1.82, 2.24) is 14.9 Å². The summed E-state index contributed by atoms with van der Waals surface area (Å²) in [5.74, 6) is 0.476. The molecular weight excluding hydrogens is 354 g/mol. The number of hydrogen-bond donors (Lipinski definition) is 0. The Kier molecular flexibility index (Phi) is 4.88. The van der Waals surface area contributed by atoms with E-state index in [9.17, 15) is 13.2 Å². The second-order valence-corrected chi connectivity index (χ2v) is 9.43. The first kappa shape index (κ1) is 16.7. The number of hydrogen-bond acceptors (Lipinski definition) is 7. The van der Waals surface area contributed by atoms with Crippen molar-refractivity contribution in [2.24, 2.45) is 0 Å². The predicted octanol–water partition coefficient (Wildman–Crippen LogP) is 1.82. The van der Waals surface area contributed by atoms with Gasteiger partial charge in [-0.2, -0.15) is 0 Å². The molecule has 3 heterocycles. The van der Waals surface area contributed by atoms with Gasteiger partial charge in [-0.3, -0.25) is 4.79 Å². The molecule has 0 bridgehead atoms. The zero-order chi connectivity index (χ0) is 16.4. The Morgan fingerprint density at radius 3 is 3.00 bits per heavy atom. The summed E-state index contributed by atoms with van der Waals surface area (Å²) in [7, 11) is -2.99. The number of carbonyl (C=O) groups excluding carboxylic acids is 1. The van der Waals surface area contributed by atoms with E-state index in [1.165, 1.54) is 18.1 Å². The van der Waals surface area contributed by atoms with Gasteiger partial charge in [0.1, 0.15) is 16.2 Å². The van der Waals surface area contributed by atoms with Gasteiger partial charge in [-0.15, -0.1) is 11.3 Å². The number of fused-ring (bicyclic) bond motifs is 1. The molecule has 2 aromatic rings. The molecule has 1 atom stereocenters. The lowest BCUT2D eigenvalue weighted by Gasteiger charge is -2.26. The summed E-state index contributed by atoms with van der Waals surface area (Å²) in [6.07, 6.45) is 2.04. The monoisotopic (exact) mass is 371 g/mol. The highest BCUT2D eigenvalue weighted by Crippen LogP contribution is 2.28. The van der Waals surface area contributed by atoms with Gasteiger partial charge in [0.05, 0.1) is 17.3 Å². The van der Waals surface area contributed by atoms with Crippen LogP contribution in [0.5, 0.6) is 0 Å². The molecule has 0 spiro atoms. The average Bonchev–Trinajstić information content (AvgIpc) is 3.12. The number of thiophene rings is 1. The van der Waals surface area contributed by atoms with Gasteiger partial charge in [-0.25, -0.2) is 18.4 Å². The highest BCUT2D eigenvalue weighted by atomic mass is 32.2. The van der Waals surface area contributed by atoms with Crippen LogP contribution in [-0.4, -0.2) is 59.0 Å². The number of carbonyl (C=O) groups is 1. The third-order valence-corrected chi connectivity index (χ3v) is 7.43. The van der Waals surface area contributed by atoms with Crippen molar-refractivity contribution in [3.05, 3.63) is 17.8 Å². The highest BCUT2D eigenvalue weighted by molar-refractivity contribution is 8.00. The number of rotatable bonds is 5. The van der Waals surface area contributed by atoms with Crippen molar-refractivity contribution in [3.8, 4) is 0 Å². The molecule has 0 radical (unpaired) electrons. The molecule has 3 rings (SSSR count). The van der Waals surface area contributed by atoms with Crippen LogP contribution in [0.1, 0.15) is 13.3 Å². The lowest BCUT2D eigenvalue weighted by atomic mass is 10.2. The lowest BCUT2D eigenvalue weighted by Crippen LogP contribution is -2.41. The Morgan fingerprint density at radius 2 is 2.30 bits per heavy atom. The molecule has 0 N–H and O–H groups in total. The molecule has 1 aliphatic rings. The third kappa shape index (κ3) is 3.67. The Morgan fingerprint density at radius 1 is 1.48 bits per heavy atom. The van der Waals surface area contributed by atoms with Crippen LogP contribution in [0.4, 0.5) is 0 Å². The van der Waals surface area contributed by atoms with Crippen molar-refractivity contribution >= 4 is 49.1 Å². The first-order valence-electron chi connectivity index (χ1n) is 7.31. The fourth-order valence-electron chi connectivity index (χ4n) is 2.75. The van der Waals surface area contributed by atoms with Crippen molar-refractivity contribution < 1.29 is 13.2 Å². The van der Waals surface area contributed by atoms with E-state index in [0.29, 0.717) is 13.0 Å². The summed E-state index contributed by atoms with van der Waals surface area (Å²) < 4.78 is 23.2. The van der Waals surface area contributed by atoms with E-state index in [1.54, 1.807) is 16.2 Å². The molecule has 9 heteroatoms. The maximum Gasteiger partial charge on any atom is 0.233 e. The zero-order valence-electron chi connectivity index (χ0n) is 12.6. The molecule has 1 amide bonds. The molecule has 6 nitrogen and oxygen atoms in total. The van der Waals surface area contributed by atoms with Crippen LogP contribution in [-0.2, 0) is 14.6 Å². The minimum atomic E-state index is -2.99. The molecule has 0 aliphatic carbocycles. The van der Waals surface area contributed by atoms with E-state index in [2.05, 4.69) is 9.97 Å². The Balaban J connectivity index is 1.67. The number of aromatic nitrogens is 2. The first-order valence-corrected chi connectivity index (χ1v) is 11.0. The minimum absolute atomic E-state index is 0.0402. The molecule has 2 aromatic heterocycles. The van der Waals surface area contributed by atoms with E-state index < -0.39 is 9.84 Å². The largest absolute Gasteiger partial charge is 0.338 e. The summed E-state index contributed by atoms with van der Waals surface area (Å²) in [6.45, 7) is 2.41. The smallest absolute Gasteiger partial charge is 0.233 e. The van der Waals surface area contributed by atoms with Crippen LogP contribution in [0.15, 0.2) is 22.8 Å². The van der Waals surface area contributed by atoms with Crippen LogP contribution in [0.2, 0.25) is 0 Å². The average molecular weight is 372 g/mol. The van der Waals surface area contributed by atoms with Gasteiger partial charge in [0.15, 0.2) is 9.84 Å². The summed E-state index contributed by atoms with van der Waals surface area (Å²) in [5, 5.41) is 3.70. The highest BCUT2D eigenvalue weighted by Gasteiger charge is 2.33. The zero-order valence-corrected chi connectivity index (χ0v) is 15.1. The Bertz CT molecular complexity index is 819. The predicted molar refractivity (Wildman–Crippen MR) is 92.6 cm³/mol. The standard InChI is InChI=1S/C14H17N3O3S3/c1-2-17(10-4-6-23(19,20)8-10)12(18)7-22-14-11-3-5-21-13(11)15-9-16-14/h3,5,9-10H,2,4,6-8H2,1H3/t10-/m0/s1. The fraction of sp³-hybridized carbons (Fsp3) is 0.500. The van der Waals surface area contributed by atoms with E-state index in [-0.39, 0.29) is 29.2 Å². The normalized spacial score (nSPS) is 20.0. The number of amides is 1. The van der Waals surface area contributed by atoms with Gasteiger partial charge in [0.25, 0.3) is 0 Å². The van der Waals surface area contributed by atoms with Crippen molar-refractivity contribution in [2.45, 2.75) is 24.4 Å².